The minimum Gasteiger partial charge on any atom is -0.339 e. The highest BCUT2D eigenvalue weighted by Gasteiger charge is 2.32. The predicted octanol–water partition coefficient (Wildman–Crippen LogP) is 4.38. The summed E-state index contributed by atoms with van der Waals surface area (Å²) in [4.78, 5) is 29.1. The van der Waals surface area contributed by atoms with Crippen molar-refractivity contribution in [3.63, 3.8) is 0 Å². The molecule has 2 amide bonds. The summed E-state index contributed by atoms with van der Waals surface area (Å²) < 4.78 is 0. The Balaban J connectivity index is 1.42. The van der Waals surface area contributed by atoms with Crippen molar-refractivity contribution in [2.75, 3.05) is 25.4 Å². The number of hydrogen-bond donors (Lipinski definition) is 0. The Morgan fingerprint density at radius 2 is 1.72 bits per heavy atom. The van der Waals surface area contributed by atoms with Gasteiger partial charge < -0.3 is 9.80 Å². The average Bonchev–Trinajstić information content (AvgIpc) is 3.13. The monoisotopic (exact) mass is 408 g/mol. The number of hydrogen-bond acceptors (Lipinski definition) is 3. The fraction of sp³-hybridized carbons (Fsp3) is 0.417. The zero-order chi connectivity index (χ0) is 20.2. The van der Waals surface area contributed by atoms with Crippen LogP contribution in [-0.4, -0.2) is 47.0 Å². The molecule has 2 saturated heterocycles. The molecule has 4 rings (SSSR count). The van der Waals surface area contributed by atoms with Crippen molar-refractivity contribution in [1.29, 1.82) is 0 Å². The molecule has 2 fully saturated rings. The van der Waals surface area contributed by atoms with E-state index in [0.29, 0.717) is 18.2 Å². The summed E-state index contributed by atoms with van der Waals surface area (Å²) in [6.07, 6.45) is 3.02. The first-order chi connectivity index (χ1) is 14.1. The lowest BCUT2D eigenvalue weighted by atomic mass is 9.98. The Bertz CT molecular complexity index is 845. The molecule has 2 aromatic rings. The van der Waals surface area contributed by atoms with Gasteiger partial charge >= 0.3 is 0 Å². The third-order valence-electron chi connectivity index (χ3n) is 5.97. The number of likely N-dealkylation sites (tertiary alicyclic amines) is 1. The maximum absolute atomic E-state index is 12.8. The average molecular weight is 409 g/mol. The van der Waals surface area contributed by atoms with E-state index < -0.39 is 0 Å². The Morgan fingerprint density at radius 3 is 2.41 bits per heavy atom. The highest BCUT2D eigenvalue weighted by atomic mass is 32.2. The van der Waals surface area contributed by atoms with Gasteiger partial charge in [0.05, 0.1) is 5.75 Å². The largest absolute Gasteiger partial charge is 0.339 e. The van der Waals surface area contributed by atoms with Gasteiger partial charge in [0.15, 0.2) is 0 Å². The molecule has 5 heteroatoms. The van der Waals surface area contributed by atoms with Crippen LogP contribution in [-0.2, 0) is 11.2 Å². The topological polar surface area (TPSA) is 40.6 Å². The summed E-state index contributed by atoms with van der Waals surface area (Å²) in [5.41, 5.74) is 3.08. The van der Waals surface area contributed by atoms with Gasteiger partial charge in [-0.05, 0) is 48.4 Å². The molecule has 2 aliphatic rings. The number of carbonyl (C=O) groups excluding carboxylic acids is 2. The fourth-order valence-electron chi connectivity index (χ4n) is 4.05. The van der Waals surface area contributed by atoms with Gasteiger partial charge in [-0.2, -0.15) is 0 Å². The van der Waals surface area contributed by atoms with Crippen LogP contribution in [0.3, 0.4) is 0 Å². The minimum absolute atomic E-state index is 0.0335. The molecule has 0 aliphatic carbocycles. The van der Waals surface area contributed by atoms with Crippen LogP contribution < -0.4 is 0 Å². The highest BCUT2D eigenvalue weighted by Crippen LogP contribution is 2.38. The van der Waals surface area contributed by atoms with Gasteiger partial charge in [0.2, 0.25) is 5.91 Å². The van der Waals surface area contributed by atoms with Crippen molar-refractivity contribution in [1.82, 2.24) is 9.80 Å². The summed E-state index contributed by atoms with van der Waals surface area (Å²) in [6.45, 7) is 4.66. The molecule has 4 nitrogen and oxygen atoms in total. The molecular formula is C24H28N2O2S. The Morgan fingerprint density at radius 1 is 1.03 bits per heavy atom. The van der Waals surface area contributed by atoms with Gasteiger partial charge in [0.25, 0.3) is 5.91 Å². The molecule has 152 valence electrons. The van der Waals surface area contributed by atoms with E-state index in [0.717, 1.165) is 43.5 Å². The molecule has 0 unspecified atom stereocenters. The lowest BCUT2D eigenvalue weighted by molar-refractivity contribution is -0.128. The first kappa shape index (κ1) is 20.0. The lowest BCUT2D eigenvalue weighted by Crippen LogP contribution is -2.37. The summed E-state index contributed by atoms with van der Waals surface area (Å²) in [6, 6.07) is 18.2. The number of amides is 2. The summed E-state index contributed by atoms with van der Waals surface area (Å²) in [5, 5.41) is 0.0335. The van der Waals surface area contributed by atoms with Crippen molar-refractivity contribution in [3.8, 4) is 0 Å². The van der Waals surface area contributed by atoms with Gasteiger partial charge in [-0.25, -0.2) is 0 Å². The number of piperidine rings is 1. The number of rotatable bonds is 5. The van der Waals surface area contributed by atoms with Crippen molar-refractivity contribution < 1.29 is 9.59 Å². The van der Waals surface area contributed by atoms with Crippen LogP contribution >= 0.6 is 11.8 Å². The van der Waals surface area contributed by atoms with Gasteiger partial charge in [-0.3, -0.25) is 9.59 Å². The first-order valence-corrected chi connectivity index (χ1v) is 11.5. The quantitative estimate of drug-likeness (QED) is 0.737. The Kier molecular flexibility index (Phi) is 6.24. The van der Waals surface area contributed by atoms with E-state index in [2.05, 4.69) is 19.1 Å². The second-order valence-electron chi connectivity index (χ2n) is 8.08. The second-order valence-corrected chi connectivity index (χ2v) is 9.15. The third-order valence-corrected chi connectivity index (χ3v) is 7.22. The van der Waals surface area contributed by atoms with E-state index in [4.69, 9.17) is 0 Å². The van der Waals surface area contributed by atoms with Crippen LogP contribution in [0.2, 0.25) is 0 Å². The van der Waals surface area contributed by atoms with E-state index in [9.17, 15) is 9.59 Å². The van der Waals surface area contributed by atoms with Crippen molar-refractivity contribution >= 4 is 23.6 Å². The molecule has 2 aromatic carbocycles. The van der Waals surface area contributed by atoms with Crippen molar-refractivity contribution in [2.24, 2.45) is 5.92 Å². The van der Waals surface area contributed by atoms with E-state index >= 15 is 0 Å². The smallest absolute Gasteiger partial charge is 0.253 e. The van der Waals surface area contributed by atoms with Crippen LogP contribution in [0.15, 0.2) is 54.6 Å². The predicted molar refractivity (Wildman–Crippen MR) is 118 cm³/mol. The van der Waals surface area contributed by atoms with Gasteiger partial charge in [0, 0.05) is 25.2 Å². The Labute approximate surface area is 177 Å². The molecule has 0 spiro atoms. The van der Waals surface area contributed by atoms with Crippen LogP contribution in [0.1, 0.15) is 46.6 Å². The van der Waals surface area contributed by atoms with Gasteiger partial charge in [0.1, 0.15) is 5.37 Å². The molecule has 0 aromatic heterocycles. The van der Waals surface area contributed by atoms with Crippen LogP contribution in [0.5, 0.6) is 0 Å². The maximum Gasteiger partial charge on any atom is 0.253 e. The third kappa shape index (κ3) is 4.67. The summed E-state index contributed by atoms with van der Waals surface area (Å²) in [7, 11) is 0. The van der Waals surface area contributed by atoms with E-state index in [-0.39, 0.29) is 17.2 Å². The number of benzene rings is 2. The zero-order valence-corrected chi connectivity index (χ0v) is 17.7. The zero-order valence-electron chi connectivity index (χ0n) is 16.9. The summed E-state index contributed by atoms with van der Waals surface area (Å²) in [5.74, 6) is 1.55. The van der Waals surface area contributed by atoms with E-state index in [1.54, 1.807) is 11.8 Å². The normalized spacial score (nSPS) is 20.3. The molecule has 0 radical (unpaired) electrons. The minimum atomic E-state index is 0.0335. The fourth-order valence-corrected chi connectivity index (χ4v) is 5.27. The molecule has 2 heterocycles. The number of carbonyl (C=O) groups is 2. The van der Waals surface area contributed by atoms with Crippen molar-refractivity contribution in [2.45, 2.75) is 31.6 Å². The van der Waals surface area contributed by atoms with Crippen molar-refractivity contribution in [3.05, 3.63) is 71.3 Å². The lowest BCUT2D eigenvalue weighted by Gasteiger charge is -2.30. The molecule has 2 aliphatic heterocycles. The van der Waals surface area contributed by atoms with E-state index in [1.807, 2.05) is 52.3 Å². The Hall–Kier alpha value is -2.27. The molecule has 0 saturated carbocycles. The molecular weight excluding hydrogens is 380 g/mol. The first-order valence-electron chi connectivity index (χ1n) is 10.5. The standard InChI is InChI=1S/C24H28N2O2S/c1-18-11-14-25(15-12-18)23(28)20-7-9-21(10-8-20)24-26(22(27)17-29-24)16-13-19-5-3-2-4-6-19/h2-10,18,24H,11-17H2,1H3/t24-/m1/s1. The maximum atomic E-state index is 12.8. The van der Waals surface area contributed by atoms with Crippen LogP contribution in [0, 0.1) is 5.92 Å². The number of thioether (sulfide) groups is 1. The molecule has 0 N–H and O–H groups in total. The van der Waals surface area contributed by atoms with E-state index in [1.165, 1.54) is 5.56 Å². The molecule has 29 heavy (non-hydrogen) atoms. The summed E-state index contributed by atoms with van der Waals surface area (Å²) >= 11 is 1.67. The number of nitrogens with zero attached hydrogens (tertiary/aromatic N) is 2. The highest BCUT2D eigenvalue weighted by molar-refractivity contribution is 8.00. The SMILES string of the molecule is CC1CCN(C(=O)c2ccc([C@H]3SCC(=O)N3CCc3ccccc3)cc2)CC1. The molecule has 0 bridgehead atoms. The van der Waals surface area contributed by atoms with Gasteiger partial charge in [-0.15, -0.1) is 11.8 Å². The van der Waals surface area contributed by atoms with Gasteiger partial charge in [-0.1, -0.05) is 49.4 Å². The molecule has 1 atom stereocenters. The van der Waals surface area contributed by atoms with Crippen LogP contribution in [0.4, 0.5) is 0 Å². The second kappa shape index (κ2) is 9.04. The van der Waals surface area contributed by atoms with Crippen LogP contribution in [0.25, 0.3) is 0 Å².